The third-order valence-electron chi connectivity index (χ3n) is 3.17. The van der Waals surface area contributed by atoms with Crippen molar-refractivity contribution in [3.63, 3.8) is 0 Å². The van der Waals surface area contributed by atoms with Gasteiger partial charge in [0.1, 0.15) is 5.75 Å². The van der Waals surface area contributed by atoms with E-state index in [2.05, 4.69) is 10.1 Å². The molecule has 0 radical (unpaired) electrons. The minimum Gasteiger partial charge on any atom is -0.472 e. The molecule has 1 N–H and O–H groups in total. The summed E-state index contributed by atoms with van der Waals surface area (Å²) >= 11 is 0. The SMILES string of the molecule is CC(C)CC(=O)c1ccc(OC(F)F)c(NCc2ccoc2)c1. The third-order valence-corrected chi connectivity index (χ3v) is 3.17. The first-order valence-corrected chi connectivity index (χ1v) is 7.32. The smallest absolute Gasteiger partial charge is 0.387 e. The molecule has 1 heterocycles. The van der Waals surface area contributed by atoms with Crippen LogP contribution in [-0.2, 0) is 6.54 Å². The molecule has 1 aromatic carbocycles. The Kier molecular flexibility index (Phi) is 5.73. The lowest BCUT2D eigenvalue weighted by molar-refractivity contribution is -0.0493. The summed E-state index contributed by atoms with van der Waals surface area (Å²) in [5.41, 5.74) is 1.67. The number of ketones is 1. The van der Waals surface area contributed by atoms with Gasteiger partial charge in [0, 0.05) is 24.1 Å². The average molecular weight is 323 g/mol. The van der Waals surface area contributed by atoms with E-state index >= 15 is 0 Å². The Morgan fingerprint density at radius 2 is 2.09 bits per heavy atom. The average Bonchev–Trinajstić information content (AvgIpc) is 2.98. The first kappa shape index (κ1) is 17.0. The van der Waals surface area contributed by atoms with Crippen LogP contribution in [0.4, 0.5) is 14.5 Å². The number of furan rings is 1. The minimum absolute atomic E-state index is 0.00425. The maximum atomic E-state index is 12.5. The van der Waals surface area contributed by atoms with E-state index in [0.717, 1.165) is 5.56 Å². The molecule has 0 saturated carbocycles. The molecule has 2 rings (SSSR count). The monoisotopic (exact) mass is 323 g/mol. The number of halogens is 2. The first-order chi connectivity index (χ1) is 11.0. The summed E-state index contributed by atoms with van der Waals surface area (Å²) in [5, 5.41) is 3.00. The Bertz CT molecular complexity index is 639. The molecule has 4 nitrogen and oxygen atoms in total. The zero-order valence-corrected chi connectivity index (χ0v) is 13.0. The van der Waals surface area contributed by atoms with Crippen LogP contribution in [0.1, 0.15) is 36.2 Å². The molecule has 0 saturated heterocycles. The number of alkyl halides is 2. The van der Waals surface area contributed by atoms with E-state index < -0.39 is 6.61 Å². The quantitative estimate of drug-likeness (QED) is 0.714. The number of anilines is 1. The normalized spacial score (nSPS) is 11.0. The predicted molar refractivity (Wildman–Crippen MR) is 82.9 cm³/mol. The lowest BCUT2D eigenvalue weighted by Gasteiger charge is -2.14. The van der Waals surface area contributed by atoms with Crippen molar-refractivity contribution in [1.29, 1.82) is 0 Å². The highest BCUT2D eigenvalue weighted by molar-refractivity contribution is 5.97. The van der Waals surface area contributed by atoms with Crippen molar-refractivity contribution < 1.29 is 22.7 Å². The van der Waals surface area contributed by atoms with Crippen molar-refractivity contribution in [2.24, 2.45) is 5.92 Å². The fourth-order valence-corrected chi connectivity index (χ4v) is 2.12. The van der Waals surface area contributed by atoms with Crippen molar-refractivity contribution in [3.8, 4) is 5.75 Å². The Morgan fingerprint density at radius 1 is 1.30 bits per heavy atom. The molecule has 0 atom stereocenters. The molecule has 0 unspecified atom stereocenters. The fraction of sp³-hybridized carbons (Fsp3) is 0.353. The number of hydrogen-bond acceptors (Lipinski definition) is 4. The molecule has 0 amide bonds. The Hall–Kier alpha value is -2.37. The summed E-state index contributed by atoms with van der Waals surface area (Å²) in [6.45, 7) is 1.34. The molecule has 0 aliphatic rings. The molecule has 0 aliphatic heterocycles. The van der Waals surface area contributed by atoms with Crippen LogP contribution in [0.2, 0.25) is 0 Å². The summed E-state index contributed by atoms with van der Waals surface area (Å²) in [5.74, 6) is 0.196. The van der Waals surface area contributed by atoms with Gasteiger partial charge in [-0.15, -0.1) is 0 Å². The molecule has 2 aromatic rings. The van der Waals surface area contributed by atoms with Gasteiger partial charge in [-0.25, -0.2) is 0 Å². The molecule has 1 aromatic heterocycles. The van der Waals surface area contributed by atoms with Gasteiger partial charge in [0.25, 0.3) is 0 Å². The molecule has 0 fully saturated rings. The Balaban J connectivity index is 2.20. The lowest BCUT2D eigenvalue weighted by Crippen LogP contribution is -2.09. The van der Waals surface area contributed by atoms with Gasteiger partial charge in [-0.3, -0.25) is 4.79 Å². The number of nitrogens with one attached hydrogen (secondary N) is 1. The first-order valence-electron chi connectivity index (χ1n) is 7.32. The van der Waals surface area contributed by atoms with Crippen LogP contribution < -0.4 is 10.1 Å². The van der Waals surface area contributed by atoms with Crippen molar-refractivity contribution in [2.45, 2.75) is 33.4 Å². The lowest BCUT2D eigenvalue weighted by atomic mass is 10.0. The molecule has 6 heteroatoms. The van der Waals surface area contributed by atoms with E-state index in [9.17, 15) is 13.6 Å². The van der Waals surface area contributed by atoms with Gasteiger partial charge >= 0.3 is 6.61 Å². The van der Waals surface area contributed by atoms with E-state index in [1.54, 1.807) is 18.4 Å². The molecule has 23 heavy (non-hydrogen) atoms. The summed E-state index contributed by atoms with van der Waals surface area (Å²) in [4.78, 5) is 12.1. The molecule has 124 valence electrons. The largest absolute Gasteiger partial charge is 0.472 e. The summed E-state index contributed by atoms with van der Waals surface area (Å²) in [6, 6.07) is 6.19. The van der Waals surface area contributed by atoms with Crippen LogP contribution in [-0.4, -0.2) is 12.4 Å². The van der Waals surface area contributed by atoms with E-state index in [1.807, 2.05) is 13.8 Å². The second-order valence-electron chi connectivity index (χ2n) is 5.60. The number of benzene rings is 1. The van der Waals surface area contributed by atoms with Gasteiger partial charge < -0.3 is 14.5 Å². The van der Waals surface area contributed by atoms with Crippen molar-refractivity contribution >= 4 is 11.5 Å². The fourth-order valence-electron chi connectivity index (χ4n) is 2.12. The van der Waals surface area contributed by atoms with Crippen LogP contribution in [0, 0.1) is 5.92 Å². The number of hydrogen-bond donors (Lipinski definition) is 1. The van der Waals surface area contributed by atoms with Gasteiger partial charge in [-0.05, 0) is 30.2 Å². The molecule has 0 aliphatic carbocycles. The zero-order valence-electron chi connectivity index (χ0n) is 13.0. The second kappa shape index (κ2) is 7.76. The number of carbonyl (C=O) groups excluding carboxylic acids is 1. The van der Waals surface area contributed by atoms with Gasteiger partial charge in [-0.1, -0.05) is 13.8 Å². The predicted octanol–water partition coefficient (Wildman–Crippen LogP) is 4.72. The van der Waals surface area contributed by atoms with Crippen molar-refractivity contribution in [1.82, 2.24) is 0 Å². The molecular formula is C17H19F2NO3. The Morgan fingerprint density at radius 3 is 2.70 bits per heavy atom. The highest BCUT2D eigenvalue weighted by atomic mass is 19.3. The Labute approximate surface area is 133 Å². The topological polar surface area (TPSA) is 51.5 Å². The number of rotatable bonds is 8. The van der Waals surface area contributed by atoms with E-state index in [-0.39, 0.29) is 17.5 Å². The second-order valence-corrected chi connectivity index (χ2v) is 5.60. The van der Waals surface area contributed by atoms with Gasteiger partial charge in [0.2, 0.25) is 0 Å². The van der Waals surface area contributed by atoms with Crippen LogP contribution >= 0.6 is 0 Å². The van der Waals surface area contributed by atoms with E-state index in [0.29, 0.717) is 24.2 Å². The van der Waals surface area contributed by atoms with Gasteiger partial charge in [-0.2, -0.15) is 8.78 Å². The van der Waals surface area contributed by atoms with E-state index in [1.165, 1.54) is 18.4 Å². The van der Waals surface area contributed by atoms with Crippen molar-refractivity contribution in [3.05, 3.63) is 47.9 Å². The van der Waals surface area contributed by atoms with Gasteiger partial charge in [0.05, 0.1) is 18.2 Å². The van der Waals surface area contributed by atoms with Crippen LogP contribution in [0.5, 0.6) is 5.75 Å². The molecular weight excluding hydrogens is 304 g/mol. The number of carbonyl (C=O) groups is 1. The maximum absolute atomic E-state index is 12.5. The third kappa shape index (κ3) is 5.09. The summed E-state index contributed by atoms with van der Waals surface area (Å²) in [7, 11) is 0. The highest BCUT2D eigenvalue weighted by Crippen LogP contribution is 2.29. The summed E-state index contributed by atoms with van der Waals surface area (Å²) < 4.78 is 34.5. The summed E-state index contributed by atoms with van der Waals surface area (Å²) in [6.07, 6.45) is 3.47. The van der Waals surface area contributed by atoms with Crippen LogP contribution in [0.25, 0.3) is 0 Å². The molecule has 0 spiro atoms. The highest BCUT2D eigenvalue weighted by Gasteiger charge is 2.14. The van der Waals surface area contributed by atoms with Crippen LogP contribution in [0.15, 0.2) is 41.2 Å². The molecule has 0 bridgehead atoms. The zero-order chi connectivity index (χ0) is 16.8. The number of Topliss-reactive ketones (excluding diaryl/α,β-unsaturated/α-hetero) is 1. The van der Waals surface area contributed by atoms with E-state index in [4.69, 9.17) is 4.42 Å². The van der Waals surface area contributed by atoms with Crippen molar-refractivity contribution in [2.75, 3.05) is 5.32 Å². The number of ether oxygens (including phenoxy) is 1. The van der Waals surface area contributed by atoms with Gasteiger partial charge in [0.15, 0.2) is 5.78 Å². The maximum Gasteiger partial charge on any atom is 0.387 e. The minimum atomic E-state index is -2.93. The van der Waals surface area contributed by atoms with Crippen LogP contribution in [0.3, 0.4) is 0 Å². The standard InChI is InChI=1S/C17H19F2NO3/c1-11(2)7-15(21)13-3-4-16(23-17(18)19)14(8-13)20-9-12-5-6-22-10-12/h3-6,8,10-11,17,20H,7,9H2,1-2H3.